The Morgan fingerprint density at radius 3 is 2.50 bits per heavy atom. The minimum atomic E-state index is -1.72. The highest BCUT2D eigenvalue weighted by Gasteiger charge is 2.49. The van der Waals surface area contributed by atoms with Crippen molar-refractivity contribution >= 4 is 11.9 Å². The second-order valence-corrected chi connectivity index (χ2v) is 4.52. The van der Waals surface area contributed by atoms with Gasteiger partial charge in [0.05, 0.1) is 17.7 Å². The molecule has 1 fully saturated rings. The maximum Gasteiger partial charge on any atom is 0.340 e. The molecule has 2 N–H and O–H groups in total. The number of carbonyl (C=O) groups is 2. The minimum Gasteiger partial charge on any atom is -0.436 e. The van der Waals surface area contributed by atoms with Crippen LogP contribution in [-0.2, 0) is 14.2 Å². The van der Waals surface area contributed by atoms with Gasteiger partial charge in [-0.3, -0.25) is 5.32 Å². The molecule has 7 heteroatoms. The molecule has 20 heavy (non-hydrogen) atoms. The Bertz CT molecular complexity index is 542. The second-order valence-electron chi connectivity index (χ2n) is 4.52. The topological polar surface area (TPSA) is 94.1 Å². The van der Waals surface area contributed by atoms with Gasteiger partial charge in [0.2, 0.25) is 6.23 Å². The summed E-state index contributed by atoms with van der Waals surface area (Å²) in [6.45, 7) is 0.00797. The maximum atomic E-state index is 12.1. The van der Waals surface area contributed by atoms with E-state index in [9.17, 15) is 14.7 Å². The molecule has 0 radical (unpaired) electrons. The molecule has 2 atom stereocenters. The molecule has 0 amide bonds. The van der Waals surface area contributed by atoms with Gasteiger partial charge >= 0.3 is 11.9 Å². The van der Waals surface area contributed by atoms with Gasteiger partial charge < -0.3 is 19.3 Å². The Balaban J connectivity index is 2.05. The van der Waals surface area contributed by atoms with Gasteiger partial charge in [0.15, 0.2) is 0 Å². The molecule has 0 aromatic heterocycles. The van der Waals surface area contributed by atoms with Crippen molar-refractivity contribution in [2.45, 2.75) is 12.0 Å². The Kier molecular flexibility index (Phi) is 3.17. The molecule has 2 bridgehead atoms. The van der Waals surface area contributed by atoms with E-state index in [0.717, 1.165) is 0 Å². The summed E-state index contributed by atoms with van der Waals surface area (Å²) >= 11 is 0. The summed E-state index contributed by atoms with van der Waals surface area (Å²) in [6.07, 6.45) is -1.06. The fourth-order valence-electron chi connectivity index (χ4n) is 2.15. The van der Waals surface area contributed by atoms with Gasteiger partial charge in [0.25, 0.3) is 5.79 Å². The molecular formula is C13H13NO6. The number of morpholine rings is 1. The van der Waals surface area contributed by atoms with Crippen molar-refractivity contribution in [1.82, 2.24) is 5.32 Å². The molecule has 1 saturated heterocycles. The number of hydrogen-bond acceptors (Lipinski definition) is 7. The number of ether oxygens (including phenoxy) is 3. The van der Waals surface area contributed by atoms with Crippen LogP contribution >= 0.6 is 0 Å². The van der Waals surface area contributed by atoms with E-state index in [2.05, 4.69) is 5.32 Å². The fraction of sp³-hybridized carbons (Fsp3) is 0.385. The number of hydrogen-bond donors (Lipinski definition) is 2. The van der Waals surface area contributed by atoms with E-state index in [1.54, 1.807) is 0 Å². The van der Waals surface area contributed by atoms with Crippen molar-refractivity contribution in [3.05, 3.63) is 35.4 Å². The van der Waals surface area contributed by atoms with Crippen molar-refractivity contribution in [2.75, 3.05) is 19.8 Å². The molecule has 3 aliphatic heterocycles. The standard InChI is InChI=1S/C13H13NO6/c15-7-13-12(14-5-6-18-13)19-10(16)8-1-3-9(4-2-8)11(17)20-13/h1-4,12,14-15H,5-7H2/t12?,13-/m1/s1. The summed E-state index contributed by atoms with van der Waals surface area (Å²) in [5.74, 6) is -2.97. The first-order valence-corrected chi connectivity index (χ1v) is 6.17. The monoisotopic (exact) mass is 279 g/mol. The van der Waals surface area contributed by atoms with Crippen LogP contribution in [0.1, 0.15) is 20.7 Å². The van der Waals surface area contributed by atoms with E-state index in [1.807, 2.05) is 0 Å². The molecule has 0 saturated carbocycles. The van der Waals surface area contributed by atoms with Gasteiger partial charge in [-0.1, -0.05) is 0 Å². The average molecular weight is 279 g/mol. The Morgan fingerprint density at radius 2 is 1.85 bits per heavy atom. The van der Waals surface area contributed by atoms with Crippen molar-refractivity contribution < 1.29 is 28.9 Å². The molecule has 106 valence electrons. The molecule has 1 aromatic rings. The van der Waals surface area contributed by atoms with Crippen LogP contribution in [0.2, 0.25) is 0 Å². The van der Waals surface area contributed by atoms with Crippen LogP contribution < -0.4 is 5.32 Å². The summed E-state index contributed by atoms with van der Waals surface area (Å²) in [5.41, 5.74) is 0.576. The number of aliphatic hydroxyl groups excluding tert-OH is 1. The molecular weight excluding hydrogens is 266 g/mol. The van der Waals surface area contributed by atoms with Gasteiger partial charge in [0.1, 0.15) is 6.61 Å². The van der Waals surface area contributed by atoms with E-state index in [1.165, 1.54) is 24.3 Å². The Morgan fingerprint density at radius 1 is 1.20 bits per heavy atom. The molecule has 7 nitrogen and oxygen atoms in total. The van der Waals surface area contributed by atoms with E-state index < -0.39 is 30.6 Å². The molecule has 0 spiro atoms. The second kappa shape index (κ2) is 4.86. The highest BCUT2D eigenvalue weighted by Crippen LogP contribution is 2.26. The van der Waals surface area contributed by atoms with E-state index >= 15 is 0 Å². The molecule has 3 aliphatic rings. The summed E-state index contributed by atoms with van der Waals surface area (Å²) in [6, 6.07) is 5.88. The van der Waals surface area contributed by atoms with Crippen molar-refractivity contribution in [2.24, 2.45) is 0 Å². The van der Waals surface area contributed by atoms with E-state index in [0.29, 0.717) is 12.1 Å². The molecule has 4 rings (SSSR count). The van der Waals surface area contributed by atoms with Crippen molar-refractivity contribution in [1.29, 1.82) is 0 Å². The van der Waals surface area contributed by atoms with Crippen molar-refractivity contribution in [3.8, 4) is 0 Å². The molecule has 1 aromatic carbocycles. The lowest BCUT2D eigenvalue weighted by Crippen LogP contribution is -2.64. The first kappa shape index (κ1) is 13.0. The van der Waals surface area contributed by atoms with Gasteiger partial charge in [-0.25, -0.2) is 9.59 Å². The smallest absolute Gasteiger partial charge is 0.340 e. The van der Waals surface area contributed by atoms with Crippen LogP contribution in [-0.4, -0.2) is 48.8 Å². The molecule has 3 heterocycles. The lowest BCUT2D eigenvalue weighted by molar-refractivity contribution is -0.291. The van der Waals surface area contributed by atoms with Gasteiger partial charge in [-0.2, -0.15) is 0 Å². The normalized spacial score (nSPS) is 29.4. The average Bonchev–Trinajstić information content (AvgIpc) is 2.49. The van der Waals surface area contributed by atoms with Crippen LogP contribution in [0.3, 0.4) is 0 Å². The third-order valence-electron chi connectivity index (χ3n) is 3.24. The third-order valence-corrected chi connectivity index (χ3v) is 3.24. The summed E-state index contributed by atoms with van der Waals surface area (Å²) in [4.78, 5) is 24.1. The van der Waals surface area contributed by atoms with Crippen molar-refractivity contribution in [3.63, 3.8) is 0 Å². The summed E-state index contributed by atoms with van der Waals surface area (Å²) in [7, 11) is 0. The SMILES string of the molecule is O=C1OC2NCCO[C@]2(CO)OC(=O)c2ccc1cc2. The number of carbonyl (C=O) groups excluding carboxylic acids is 2. The lowest BCUT2D eigenvalue weighted by atomic mass is 10.1. The summed E-state index contributed by atoms with van der Waals surface area (Å²) in [5, 5.41) is 12.4. The van der Waals surface area contributed by atoms with Crippen LogP contribution in [0, 0.1) is 0 Å². The van der Waals surface area contributed by atoms with Gasteiger partial charge in [-0.15, -0.1) is 0 Å². The minimum absolute atomic E-state index is 0.222. The predicted molar refractivity (Wildman–Crippen MR) is 64.8 cm³/mol. The van der Waals surface area contributed by atoms with Gasteiger partial charge in [0, 0.05) is 6.54 Å². The summed E-state index contributed by atoms with van der Waals surface area (Å²) < 4.78 is 15.9. The highest BCUT2D eigenvalue weighted by molar-refractivity contribution is 5.94. The number of aliphatic hydroxyl groups is 1. The number of nitrogens with one attached hydrogen (secondary N) is 1. The van der Waals surface area contributed by atoms with E-state index in [4.69, 9.17) is 14.2 Å². The van der Waals surface area contributed by atoms with Crippen LogP contribution in [0.25, 0.3) is 0 Å². The number of benzene rings is 1. The van der Waals surface area contributed by atoms with Crippen LogP contribution in [0.15, 0.2) is 24.3 Å². The number of rotatable bonds is 1. The number of esters is 2. The predicted octanol–water partition coefficient (Wildman–Crippen LogP) is -0.352. The zero-order valence-electron chi connectivity index (χ0n) is 10.5. The Labute approximate surface area is 114 Å². The third kappa shape index (κ3) is 2.05. The maximum absolute atomic E-state index is 12.1. The first-order chi connectivity index (χ1) is 9.64. The largest absolute Gasteiger partial charge is 0.436 e. The lowest BCUT2D eigenvalue weighted by Gasteiger charge is -2.41. The zero-order valence-corrected chi connectivity index (χ0v) is 10.5. The zero-order chi connectivity index (χ0) is 14.2. The first-order valence-electron chi connectivity index (χ1n) is 6.17. The Hall–Kier alpha value is -1.96. The van der Waals surface area contributed by atoms with Crippen LogP contribution in [0.5, 0.6) is 0 Å². The molecule has 0 aliphatic carbocycles. The molecule has 1 unspecified atom stereocenters. The van der Waals surface area contributed by atoms with Crippen LogP contribution in [0.4, 0.5) is 0 Å². The fourth-order valence-corrected chi connectivity index (χ4v) is 2.15. The quantitative estimate of drug-likeness (QED) is 0.678. The number of fused-ring (bicyclic) bond motifs is 4. The van der Waals surface area contributed by atoms with E-state index in [-0.39, 0.29) is 12.2 Å². The highest BCUT2D eigenvalue weighted by atomic mass is 16.8. The van der Waals surface area contributed by atoms with Gasteiger partial charge in [-0.05, 0) is 24.3 Å².